The van der Waals surface area contributed by atoms with E-state index in [1.165, 1.54) is 0 Å². The van der Waals surface area contributed by atoms with Gasteiger partial charge in [-0.2, -0.15) is 5.26 Å². The molecule has 2 rings (SSSR count). The van der Waals surface area contributed by atoms with Crippen molar-refractivity contribution in [2.45, 2.75) is 26.8 Å². The molecule has 1 aromatic rings. The molecule has 0 saturated carbocycles. The molecule has 0 saturated heterocycles. The van der Waals surface area contributed by atoms with Crippen molar-refractivity contribution in [1.29, 1.82) is 5.26 Å². The maximum Gasteiger partial charge on any atom is 0.418 e. The van der Waals surface area contributed by atoms with Crippen molar-refractivity contribution in [3.05, 3.63) is 46.7 Å². The molecule has 0 spiro atoms. The molecule has 114 valence electrons. The average Bonchev–Trinajstić information content (AvgIpc) is 2.47. The number of aryl methyl sites for hydroxylation is 1. The van der Waals surface area contributed by atoms with Gasteiger partial charge in [0.05, 0.1) is 18.2 Å². The van der Waals surface area contributed by atoms with Gasteiger partial charge >= 0.3 is 12.1 Å². The molecule has 0 fully saturated rings. The molecule has 6 nitrogen and oxygen atoms in total. The van der Waals surface area contributed by atoms with E-state index in [4.69, 9.17) is 4.74 Å². The van der Waals surface area contributed by atoms with E-state index in [0.29, 0.717) is 16.8 Å². The molecule has 0 bridgehead atoms. The Labute approximate surface area is 129 Å². The number of nitrogens with zero attached hydrogens (tertiary/aromatic N) is 2. The fourth-order valence-corrected chi connectivity index (χ4v) is 2.33. The van der Waals surface area contributed by atoms with Crippen molar-refractivity contribution in [2.75, 3.05) is 6.61 Å². The second-order valence-electron chi connectivity index (χ2n) is 4.96. The first-order valence-corrected chi connectivity index (χ1v) is 6.94. The first-order chi connectivity index (χ1) is 10.5. The van der Waals surface area contributed by atoms with Crippen LogP contribution in [0.4, 0.5) is 9.59 Å². The maximum absolute atomic E-state index is 12.2. The van der Waals surface area contributed by atoms with Crippen LogP contribution in [0.3, 0.4) is 0 Å². The molecule has 3 amide bonds. The number of amides is 3. The van der Waals surface area contributed by atoms with Crippen molar-refractivity contribution in [1.82, 2.24) is 10.2 Å². The van der Waals surface area contributed by atoms with E-state index >= 15 is 0 Å². The first kappa shape index (κ1) is 15.6. The van der Waals surface area contributed by atoms with Gasteiger partial charge in [-0.15, -0.1) is 0 Å². The van der Waals surface area contributed by atoms with Gasteiger partial charge in [-0.25, -0.2) is 14.5 Å². The Morgan fingerprint density at radius 1 is 1.36 bits per heavy atom. The minimum absolute atomic E-state index is 0.147. The van der Waals surface area contributed by atoms with E-state index in [1.807, 2.05) is 19.1 Å². The number of hydrogen-bond acceptors (Lipinski definition) is 4. The second kappa shape index (κ2) is 6.31. The number of urea groups is 1. The van der Waals surface area contributed by atoms with Crippen LogP contribution in [0, 0.1) is 18.3 Å². The normalized spacial score (nSPS) is 17.8. The summed E-state index contributed by atoms with van der Waals surface area (Å²) >= 11 is 0. The van der Waals surface area contributed by atoms with E-state index in [9.17, 15) is 14.9 Å². The summed E-state index contributed by atoms with van der Waals surface area (Å²) < 4.78 is 4.95. The molecule has 1 heterocycles. The molecule has 0 radical (unpaired) electrons. The minimum Gasteiger partial charge on any atom is -0.449 e. The maximum atomic E-state index is 12.2. The quantitative estimate of drug-likeness (QED) is 0.910. The van der Waals surface area contributed by atoms with Crippen LogP contribution in [0.1, 0.15) is 31.0 Å². The molecule has 1 atom stereocenters. The second-order valence-corrected chi connectivity index (χ2v) is 4.96. The van der Waals surface area contributed by atoms with E-state index in [-0.39, 0.29) is 6.61 Å². The largest absolute Gasteiger partial charge is 0.449 e. The van der Waals surface area contributed by atoms with Gasteiger partial charge in [-0.3, -0.25) is 0 Å². The highest BCUT2D eigenvalue weighted by Gasteiger charge is 2.39. The topological polar surface area (TPSA) is 82.4 Å². The number of ether oxygens (including phenoxy) is 1. The number of hydrogen-bond donors (Lipinski definition) is 1. The van der Waals surface area contributed by atoms with Gasteiger partial charge in [0.15, 0.2) is 0 Å². The van der Waals surface area contributed by atoms with Gasteiger partial charge in [-0.05, 0) is 26.3 Å². The Morgan fingerprint density at radius 3 is 2.55 bits per heavy atom. The molecular formula is C16H17N3O3. The van der Waals surface area contributed by atoms with E-state index < -0.39 is 18.2 Å². The predicted octanol–water partition coefficient (Wildman–Crippen LogP) is 3.02. The lowest BCUT2D eigenvalue weighted by molar-refractivity contribution is 0.104. The summed E-state index contributed by atoms with van der Waals surface area (Å²) in [6, 6.07) is 8.05. The van der Waals surface area contributed by atoms with Crippen molar-refractivity contribution in [3.8, 4) is 6.07 Å². The number of benzene rings is 1. The zero-order valence-corrected chi connectivity index (χ0v) is 12.7. The number of rotatable bonds is 2. The summed E-state index contributed by atoms with van der Waals surface area (Å²) in [5.41, 5.74) is 2.49. The van der Waals surface area contributed by atoms with E-state index in [0.717, 1.165) is 10.5 Å². The summed E-state index contributed by atoms with van der Waals surface area (Å²) in [4.78, 5) is 25.3. The highest BCUT2D eigenvalue weighted by Crippen LogP contribution is 2.33. The van der Waals surface area contributed by atoms with Crippen LogP contribution in [-0.2, 0) is 4.74 Å². The fraction of sp³-hybridized carbons (Fsp3) is 0.312. The third-order valence-corrected chi connectivity index (χ3v) is 3.43. The summed E-state index contributed by atoms with van der Waals surface area (Å²) in [5, 5.41) is 11.9. The standard InChI is InChI=1S/C16H17N3O3/c1-4-22-16(21)19-14(12-7-5-10(2)6-8-12)13(9-17)11(3)18-15(19)20/h5-8,14H,4H2,1-3H3,(H,18,20). The third-order valence-electron chi connectivity index (χ3n) is 3.43. The van der Waals surface area contributed by atoms with E-state index in [1.54, 1.807) is 26.0 Å². The molecule has 1 unspecified atom stereocenters. The minimum atomic E-state index is -0.779. The van der Waals surface area contributed by atoms with Crippen LogP contribution in [0.5, 0.6) is 0 Å². The Kier molecular flexibility index (Phi) is 4.47. The smallest absolute Gasteiger partial charge is 0.418 e. The number of carbonyl (C=O) groups is 2. The summed E-state index contributed by atoms with van der Waals surface area (Å²) in [7, 11) is 0. The molecule has 1 N–H and O–H groups in total. The molecule has 1 aromatic carbocycles. The number of imide groups is 1. The first-order valence-electron chi connectivity index (χ1n) is 6.94. The lowest BCUT2D eigenvalue weighted by Crippen LogP contribution is -2.50. The van der Waals surface area contributed by atoms with Crippen LogP contribution >= 0.6 is 0 Å². The van der Waals surface area contributed by atoms with Crippen molar-refractivity contribution < 1.29 is 14.3 Å². The summed E-state index contributed by atoms with van der Waals surface area (Å²) in [5.74, 6) is 0. The molecule has 0 aliphatic carbocycles. The SMILES string of the molecule is CCOC(=O)N1C(=O)NC(C)=C(C#N)C1c1ccc(C)cc1. The van der Waals surface area contributed by atoms with Gasteiger partial charge < -0.3 is 10.1 Å². The van der Waals surface area contributed by atoms with Gasteiger partial charge in [-0.1, -0.05) is 29.8 Å². The van der Waals surface area contributed by atoms with Crippen LogP contribution < -0.4 is 5.32 Å². The zero-order chi connectivity index (χ0) is 16.3. The number of allylic oxidation sites excluding steroid dienone is 1. The Balaban J connectivity index is 2.55. The molecular weight excluding hydrogens is 282 g/mol. The number of carbonyl (C=O) groups excluding carboxylic acids is 2. The Morgan fingerprint density at radius 2 is 2.00 bits per heavy atom. The Bertz CT molecular complexity index is 671. The van der Waals surface area contributed by atoms with E-state index in [2.05, 4.69) is 11.4 Å². The third kappa shape index (κ3) is 2.79. The van der Waals surface area contributed by atoms with Gasteiger partial charge in [0.2, 0.25) is 0 Å². The molecule has 0 aromatic heterocycles. The highest BCUT2D eigenvalue weighted by atomic mass is 16.6. The lowest BCUT2D eigenvalue weighted by atomic mass is 9.94. The van der Waals surface area contributed by atoms with Gasteiger partial charge in [0.25, 0.3) is 0 Å². The predicted molar refractivity (Wildman–Crippen MR) is 79.6 cm³/mol. The van der Waals surface area contributed by atoms with Crippen LogP contribution in [0.15, 0.2) is 35.5 Å². The highest BCUT2D eigenvalue weighted by molar-refractivity contribution is 5.94. The molecule has 1 aliphatic rings. The molecule has 6 heteroatoms. The van der Waals surface area contributed by atoms with Gasteiger partial charge in [0.1, 0.15) is 6.04 Å². The van der Waals surface area contributed by atoms with Crippen molar-refractivity contribution in [2.24, 2.45) is 0 Å². The van der Waals surface area contributed by atoms with Crippen molar-refractivity contribution >= 4 is 12.1 Å². The van der Waals surface area contributed by atoms with Crippen LogP contribution in [0.2, 0.25) is 0 Å². The van der Waals surface area contributed by atoms with Crippen LogP contribution in [-0.4, -0.2) is 23.6 Å². The average molecular weight is 299 g/mol. The molecule has 22 heavy (non-hydrogen) atoms. The fourth-order valence-electron chi connectivity index (χ4n) is 2.33. The lowest BCUT2D eigenvalue weighted by Gasteiger charge is -2.34. The van der Waals surface area contributed by atoms with Gasteiger partial charge in [0, 0.05) is 5.70 Å². The summed E-state index contributed by atoms with van der Waals surface area (Å²) in [6.45, 7) is 5.38. The number of nitrogens with one attached hydrogen (secondary N) is 1. The Hall–Kier alpha value is -2.81. The zero-order valence-electron chi connectivity index (χ0n) is 12.7. The van der Waals surface area contributed by atoms with Crippen molar-refractivity contribution in [3.63, 3.8) is 0 Å². The van der Waals surface area contributed by atoms with Crippen LogP contribution in [0.25, 0.3) is 0 Å². The molecule has 1 aliphatic heterocycles. The monoisotopic (exact) mass is 299 g/mol. The number of nitriles is 1. The summed E-state index contributed by atoms with van der Waals surface area (Å²) in [6.07, 6.45) is -0.772.